The fraction of sp³-hybridized carbons (Fsp3) is 0.400. The monoisotopic (exact) mass is 387 g/mol. The number of aliphatic imine (C=N–C) groups is 1. The lowest BCUT2D eigenvalue weighted by molar-refractivity contribution is -0.146. The molecule has 0 radical (unpaired) electrons. The molecule has 3 rings (SSSR count). The second-order valence-corrected chi connectivity index (χ2v) is 7.01. The minimum atomic E-state index is -0.850. The van der Waals surface area contributed by atoms with Crippen LogP contribution in [0.4, 0.5) is 10.2 Å². The molecular formula is C20H22FN3O4. The summed E-state index contributed by atoms with van der Waals surface area (Å²) in [4.78, 5) is 44.5. The van der Waals surface area contributed by atoms with Crippen LogP contribution < -0.4 is 11.2 Å². The van der Waals surface area contributed by atoms with Gasteiger partial charge in [0.15, 0.2) is 0 Å². The number of aromatic amines is 1. The molecule has 2 unspecified atom stereocenters. The summed E-state index contributed by atoms with van der Waals surface area (Å²) < 4.78 is 20.0. The number of H-pyrrole nitrogens is 1. The lowest BCUT2D eigenvalue weighted by atomic mass is 9.74. The number of esters is 1. The summed E-state index contributed by atoms with van der Waals surface area (Å²) in [6.07, 6.45) is 0. The van der Waals surface area contributed by atoms with Gasteiger partial charge in [-0.15, -0.1) is 0 Å². The average molecular weight is 387 g/mol. The molecule has 148 valence electrons. The van der Waals surface area contributed by atoms with Gasteiger partial charge in [-0.1, -0.05) is 26.0 Å². The summed E-state index contributed by atoms with van der Waals surface area (Å²) in [6, 6.07) is 5.61. The van der Waals surface area contributed by atoms with E-state index in [1.54, 1.807) is 6.92 Å². The fourth-order valence-corrected chi connectivity index (χ4v) is 3.58. The molecule has 2 heterocycles. The van der Waals surface area contributed by atoms with Crippen molar-refractivity contribution < 1.29 is 13.9 Å². The van der Waals surface area contributed by atoms with Crippen molar-refractivity contribution in [3.05, 3.63) is 62.0 Å². The molecule has 0 fully saturated rings. The number of halogens is 1. The van der Waals surface area contributed by atoms with Crippen LogP contribution in [-0.2, 0) is 16.6 Å². The van der Waals surface area contributed by atoms with E-state index in [9.17, 15) is 18.8 Å². The number of carbonyl (C=O) groups excluding carboxylic acids is 1. The van der Waals surface area contributed by atoms with E-state index in [-0.39, 0.29) is 23.9 Å². The highest BCUT2D eigenvalue weighted by Gasteiger charge is 2.43. The van der Waals surface area contributed by atoms with Crippen LogP contribution in [0.25, 0.3) is 0 Å². The Bertz CT molecular complexity index is 1050. The lowest BCUT2D eigenvalue weighted by Gasteiger charge is -2.33. The number of ether oxygens (including phenoxy) is 1. The third-order valence-corrected chi connectivity index (χ3v) is 4.89. The van der Waals surface area contributed by atoms with Gasteiger partial charge in [0.25, 0.3) is 5.56 Å². The molecule has 8 heteroatoms. The molecule has 0 bridgehead atoms. The number of aromatic nitrogens is 2. The van der Waals surface area contributed by atoms with Crippen molar-refractivity contribution in [3.63, 3.8) is 0 Å². The summed E-state index contributed by atoms with van der Waals surface area (Å²) in [5.74, 6) is -2.48. The zero-order valence-corrected chi connectivity index (χ0v) is 16.2. The number of carbonyl (C=O) groups is 1. The minimum Gasteiger partial charge on any atom is -0.465 e. The van der Waals surface area contributed by atoms with Crippen LogP contribution in [0.15, 0.2) is 38.8 Å². The lowest BCUT2D eigenvalue weighted by Crippen LogP contribution is -2.42. The van der Waals surface area contributed by atoms with Crippen molar-refractivity contribution in [2.24, 2.45) is 23.9 Å². The Labute approximate surface area is 160 Å². The first-order valence-electron chi connectivity index (χ1n) is 9.10. The van der Waals surface area contributed by atoms with E-state index in [1.807, 2.05) is 13.8 Å². The van der Waals surface area contributed by atoms with Gasteiger partial charge in [-0.25, -0.2) is 14.2 Å². The van der Waals surface area contributed by atoms with Crippen LogP contribution >= 0.6 is 0 Å². The smallest absolute Gasteiger partial charge is 0.329 e. The minimum absolute atomic E-state index is 0.139. The molecule has 0 spiro atoms. The summed E-state index contributed by atoms with van der Waals surface area (Å²) in [5, 5.41) is 0. The number of nitrogens with zero attached hydrogens (tertiary/aromatic N) is 2. The van der Waals surface area contributed by atoms with Crippen LogP contribution in [-0.4, -0.2) is 27.8 Å². The number of rotatable bonds is 4. The second kappa shape index (κ2) is 7.53. The molecule has 7 nitrogen and oxygen atoms in total. The summed E-state index contributed by atoms with van der Waals surface area (Å²) in [7, 11) is 1.50. The van der Waals surface area contributed by atoms with Crippen LogP contribution in [0.3, 0.4) is 0 Å². The van der Waals surface area contributed by atoms with E-state index in [0.717, 1.165) is 0 Å². The van der Waals surface area contributed by atoms with Gasteiger partial charge in [-0.05, 0) is 30.5 Å². The highest BCUT2D eigenvalue weighted by molar-refractivity contribution is 6.06. The van der Waals surface area contributed by atoms with Gasteiger partial charge in [0.05, 0.1) is 12.2 Å². The average Bonchev–Trinajstić information content (AvgIpc) is 2.65. The summed E-state index contributed by atoms with van der Waals surface area (Å²) >= 11 is 0. The molecule has 0 saturated carbocycles. The Morgan fingerprint density at radius 3 is 2.50 bits per heavy atom. The van der Waals surface area contributed by atoms with Crippen LogP contribution in [0, 0.1) is 17.7 Å². The first-order chi connectivity index (χ1) is 13.3. The third kappa shape index (κ3) is 3.30. The van der Waals surface area contributed by atoms with E-state index in [1.165, 1.54) is 35.9 Å². The molecule has 0 amide bonds. The maximum absolute atomic E-state index is 13.5. The van der Waals surface area contributed by atoms with Gasteiger partial charge in [-0.3, -0.25) is 19.1 Å². The van der Waals surface area contributed by atoms with Crippen LogP contribution in [0.1, 0.15) is 37.8 Å². The van der Waals surface area contributed by atoms with Crippen molar-refractivity contribution in [3.8, 4) is 0 Å². The normalized spacial score (nSPS) is 18.6. The Kier molecular flexibility index (Phi) is 5.31. The fourth-order valence-electron chi connectivity index (χ4n) is 3.58. The first-order valence-corrected chi connectivity index (χ1v) is 9.10. The number of benzene rings is 1. The van der Waals surface area contributed by atoms with Crippen molar-refractivity contribution in [2.45, 2.75) is 26.7 Å². The molecule has 1 aliphatic heterocycles. The highest BCUT2D eigenvalue weighted by atomic mass is 19.1. The van der Waals surface area contributed by atoms with Gasteiger partial charge in [0.2, 0.25) is 0 Å². The van der Waals surface area contributed by atoms with Crippen molar-refractivity contribution in [1.82, 2.24) is 9.55 Å². The topological polar surface area (TPSA) is 93.5 Å². The largest absolute Gasteiger partial charge is 0.465 e. The van der Waals surface area contributed by atoms with E-state index in [2.05, 4.69) is 9.98 Å². The van der Waals surface area contributed by atoms with Gasteiger partial charge >= 0.3 is 11.7 Å². The predicted octanol–water partition coefficient (Wildman–Crippen LogP) is 2.27. The number of hydrogen-bond acceptors (Lipinski definition) is 5. The van der Waals surface area contributed by atoms with Gasteiger partial charge < -0.3 is 4.74 Å². The maximum Gasteiger partial charge on any atom is 0.329 e. The summed E-state index contributed by atoms with van der Waals surface area (Å²) in [6.45, 7) is 5.63. The molecule has 2 atom stereocenters. The Morgan fingerprint density at radius 1 is 1.29 bits per heavy atom. The quantitative estimate of drug-likeness (QED) is 0.815. The van der Waals surface area contributed by atoms with Gasteiger partial charge in [0, 0.05) is 18.7 Å². The molecule has 2 aromatic rings. The van der Waals surface area contributed by atoms with Gasteiger partial charge in [-0.2, -0.15) is 0 Å². The van der Waals surface area contributed by atoms with Crippen molar-refractivity contribution in [2.75, 3.05) is 6.61 Å². The summed E-state index contributed by atoms with van der Waals surface area (Å²) in [5.41, 5.74) is 0.0614. The molecule has 1 N–H and O–H groups in total. The molecular weight excluding hydrogens is 365 g/mol. The van der Waals surface area contributed by atoms with E-state index in [0.29, 0.717) is 11.3 Å². The van der Waals surface area contributed by atoms with E-state index >= 15 is 0 Å². The number of nitrogens with one attached hydrogen (secondary N) is 1. The molecule has 1 aliphatic rings. The zero-order chi connectivity index (χ0) is 20.6. The predicted molar refractivity (Wildman–Crippen MR) is 103 cm³/mol. The Hall–Kier alpha value is -3.03. The molecule has 1 aromatic carbocycles. The highest BCUT2D eigenvalue weighted by Crippen LogP contribution is 2.41. The van der Waals surface area contributed by atoms with Crippen molar-refractivity contribution >= 4 is 17.5 Å². The van der Waals surface area contributed by atoms with Crippen LogP contribution in [0.2, 0.25) is 0 Å². The number of fused-ring (bicyclic) bond motifs is 1. The third-order valence-electron chi connectivity index (χ3n) is 4.89. The molecule has 0 aliphatic carbocycles. The molecule has 1 aromatic heterocycles. The standard InChI is InChI=1S/C20H22FN3O4/c1-5-28-19(26)14-13(11-6-8-12(21)9-7-11)15-17(22-16(14)10(2)3)24(4)20(27)23-18(15)25/h6-10,13-14H,5H2,1-4H3,(H,23,25,27). The molecule has 28 heavy (non-hydrogen) atoms. The second-order valence-electron chi connectivity index (χ2n) is 7.01. The first kappa shape index (κ1) is 19.7. The van der Waals surface area contributed by atoms with E-state index < -0.39 is 34.9 Å². The number of hydrogen-bond donors (Lipinski definition) is 1. The van der Waals surface area contributed by atoms with Crippen LogP contribution in [0.5, 0.6) is 0 Å². The van der Waals surface area contributed by atoms with Gasteiger partial charge in [0.1, 0.15) is 17.6 Å². The van der Waals surface area contributed by atoms with E-state index in [4.69, 9.17) is 4.74 Å². The SMILES string of the molecule is CCOC(=O)C1C(C(C)C)=Nc2c(c(=O)[nH]c(=O)n2C)C1c1ccc(F)cc1. The Morgan fingerprint density at radius 2 is 1.93 bits per heavy atom. The zero-order valence-electron chi connectivity index (χ0n) is 16.2. The van der Waals surface area contributed by atoms with Crippen molar-refractivity contribution in [1.29, 1.82) is 0 Å². The maximum atomic E-state index is 13.5. The molecule has 0 saturated heterocycles. The Balaban J connectivity index is 2.37.